The molecule has 0 aliphatic carbocycles. The summed E-state index contributed by atoms with van der Waals surface area (Å²) in [5, 5.41) is 3.27. The largest absolute Gasteiger partial charge is 0.411 e. The van der Waals surface area contributed by atoms with Crippen LogP contribution < -0.4 is 5.32 Å². The van der Waals surface area contributed by atoms with Gasteiger partial charge in [0, 0.05) is 19.3 Å². The molecule has 0 bridgehead atoms. The van der Waals surface area contributed by atoms with Gasteiger partial charge in [-0.05, 0) is 32.2 Å². The number of ether oxygens (including phenoxy) is 2. The molecule has 108 valence electrons. The van der Waals surface area contributed by atoms with Gasteiger partial charge in [0.25, 0.3) is 0 Å². The molecule has 3 nitrogen and oxygen atoms in total. The van der Waals surface area contributed by atoms with Crippen molar-refractivity contribution in [1.29, 1.82) is 0 Å². The molecule has 2 unspecified atom stereocenters. The fourth-order valence-electron chi connectivity index (χ4n) is 2.15. The lowest BCUT2D eigenvalue weighted by Crippen LogP contribution is -2.34. The Labute approximate surface area is 106 Å². The minimum atomic E-state index is -4.23. The molecule has 0 spiro atoms. The van der Waals surface area contributed by atoms with E-state index in [0.29, 0.717) is 6.42 Å². The molecule has 0 aromatic heterocycles. The number of hydrogen-bond acceptors (Lipinski definition) is 3. The second-order valence-electron chi connectivity index (χ2n) is 4.58. The van der Waals surface area contributed by atoms with Crippen molar-refractivity contribution in [2.24, 2.45) is 0 Å². The summed E-state index contributed by atoms with van der Waals surface area (Å²) in [5.41, 5.74) is 0. The highest BCUT2D eigenvalue weighted by Gasteiger charge is 2.27. The molecule has 1 N–H and O–H groups in total. The molecule has 1 heterocycles. The number of hydrogen-bond donors (Lipinski definition) is 1. The van der Waals surface area contributed by atoms with E-state index in [1.165, 1.54) is 0 Å². The van der Waals surface area contributed by atoms with E-state index < -0.39 is 12.8 Å². The highest BCUT2D eigenvalue weighted by atomic mass is 19.4. The van der Waals surface area contributed by atoms with Gasteiger partial charge in [-0.2, -0.15) is 13.2 Å². The predicted molar refractivity (Wildman–Crippen MR) is 62.5 cm³/mol. The summed E-state index contributed by atoms with van der Waals surface area (Å²) in [4.78, 5) is 0. The molecular formula is C12H22F3NO2. The van der Waals surface area contributed by atoms with Gasteiger partial charge in [-0.3, -0.25) is 0 Å². The number of halogens is 3. The zero-order valence-corrected chi connectivity index (χ0v) is 10.8. The van der Waals surface area contributed by atoms with E-state index in [4.69, 9.17) is 4.74 Å². The summed E-state index contributed by atoms with van der Waals surface area (Å²) in [5.74, 6) is 0. The summed E-state index contributed by atoms with van der Waals surface area (Å²) >= 11 is 0. The molecule has 0 amide bonds. The van der Waals surface area contributed by atoms with Crippen LogP contribution in [0.5, 0.6) is 0 Å². The van der Waals surface area contributed by atoms with Crippen molar-refractivity contribution in [3.63, 3.8) is 0 Å². The maximum absolute atomic E-state index is 11.9. The first-order chi connectivity index (χ1) is 8.51. The van der Waals surface area contributed by atoms with Gasteiger partial charge in [-0.1, -0.05) is 6.92 Å². The van der Waals surface area contributed by atoms with E-state index in [1.54, 1.807) is 0 Å². The van der Waals surface area contributed by atoms with Gasteiger partial charge in [-0.15, -0.1) is 0 Å². The van der Waals surface area contributed by atoms with Crippen molar-refractivity contribution in [3.8, 4) is 0 Å². The Morgan fingerprint density at radius 2 is 2.22 bits per heavy atom. The third kappa shape index (κ3) is 7.18. The molecule has 1 aliphatic rings. The fraction of sp³-hybridized carbons (Fsp3) is 1.00. The first kappa shape index (κ1) is 15.7. The number of nitrogens with one attached hydrogen (secondary N) is 1. The second-order valence-corrected chi connectivity index (χ2v) is 4.58. The number of rotatable bonds is 8. The fourth-order valence-corrected chi connectivity index (χ4v) is 2.15. The molecule has 18 heavy (non-hydrogen) atoms. The molecule has 1 fully saturated rings. The third-order valence-electron chi connectivity index (χ3n) is 2.94. The highest BCUT2D eigenvalue weighted by Crippen LogP contribution is 2.19. The lowest BCUT2D eigenvalue weighted by atomic mass is 10.0. The molecule has 1 rings (SSSR count). The molecule has 0 aromatic rings. The molecule has 1 saturated heterocycles. The summed E-state index contributed by atoms with van der Waals surface area (Å²) < 4.78 is 45.8. The van der Waals surface area contributed by atoms with Crippen LogP contribution in [0.1, 0.15) is 32.6 Å². The molecule has 6 heteroatoms. The van der Waals surface area contributed by atoms with Crippen LogP contribution in [0.15, 0.2) is 0 Å². The van der Waals surface area contributed by atoms with Crippen LogP contribution in [0.2, 0.25) is 0 Å². The third-order valence-corrected chi connectivity index (χ3v) is 2.94. The van der Waals surface area contributed by atoms with Crippen molar-refractivity contribution in [1.82, 2.24) is 5.32 Å². The van der Waals surface area contributed by atoms with Crippen molar-refractivity contribution >= 4 is 0 Å². The van der Waals surface area contributed by atoms with Gasteiger partial charge < -0.3 is 14.8 Å². The van der Waals surface area contributed by atoms with Crippen LogP contribution in [-0.2, 0) is 9.47 Å². The molecule has 1 aliphatic heterocycles. The Hall–Kier alpha value is -0.330. The topological polar surface area (TPSA) is 30.5 Å². The maximum atomic E-state index is 11.9. The van der Waals surface area contributed by atoms with Gasteiger partial charge in [-0.25, -0.2) is 0 Å². The minimum Gasteiger partial charge on any atom is -0.378 e. The SMILES string of the molecule is CCNC(CCOCC(F)(F)F)CC1CCCO1. The van der Waals surface area contributed by atoms with Crippen molar-refractivity contribution in [2.75, 3.05) is 26.4 Å². The normalized spacial score (nSPS) is 22.3. The van der Waals surface area contributed by atoms with Gasteiger partial charge in [0.2, 0.25) is 0 Å². The standard InChI is InChI=1S/C12H22F3NO2/c1-2-16-10(8-11-4-3-6-18-11)5-7-17-9-12(13,14)15/h10-11,16H,2-9H2,1H3. The Balaban J connectivity index is 2.16. The second kappa shape index (κ2) is 7.96. The van der Waals surface area contributed by atoms with E-state index in [9.17, 15) is 13.2 Å². The molecule has 0 aromatic carbocycles. The van der Waals surface area contributed by atoms with Crippen LogP contribution in [0, 0.1) is 0 Å². The van der Waals surface area contributed by atoms with Crippen LogP contribution in [0.4, 0.5) is 13.2 Å². The minimum absolute atomic E-state index is 0.129. The molecule has 0 saturated carbocycles. The van der Waals surface area contributed by atoms with E-state index >= 15 is 0 Å². The monoisotopic (exact) mass is 269 g/mol. The predicted octanol–water partition coefficient (Wildman–Crippen LogP) is 2.50. The van der Waals surface area contributed by atoms with Gasteiger partial charge in [0.05, 0.1) is 6.10 Å². The summed E-state index contributed by atoms with van der Waals surface area (Å²) in [7, 11) is 0. The molecule has 0 radical (unpaired) electrons. The zero-order valence-electron chi connectivity index (χ0n) is 10.8. The lowest BCUT2D eigenvalue weighted by molar-refractivity contribution is -0.174. The van der Waals surface area contributed by atoms with E-state index in [-0.39, 0.29) is 18.8 Å². The Bertz CT molecular complexity index is 218. The van der Waals surface area contributed by atoms with Crippen LogP contribution in [0.3, 0.4) is 0 Å². The van der Waals surface area contributed by atoms with E-state index in [0.717, 1.165) is 32.4 Å². The number of alkyl halides is 3. The van der Waals surface area contributed by atoms with Crippen LogP contribution in [-0.4, -0.2) is 44.7 Å². The Morgan fingerprint density at radius 1 is 1.44 bits per heavy atom. The van der Waals surface area contributed by atoms with Crippen LogP contribution >= 0.6 is 0 Å². The van der Waals surface area contributed by atoms with Crippen molar-refractivity contribution in [3.05, 3.63) is 0 Å². The Kier molecular flexibility index (Phi) is 6.96. The summed E-state index contributed by atoms with van der Waals surface area (Å²) in [6.07, 6.45) is -0.425. The Morgan fingerprint density at radius 3 is 2.78 bits per heavy atom. The van der Waals surface area contributed by atoms with E-state index in [1.807, 2.05) is 6.92 Å². The lowest BCUT2D eigenvalue weighted by Gasteiger charge is -2.21. The van der Waals surface area contributed by atoms with Gasteiger partial charge >= 0.3 is 6.18 Å². The first-order valence-electron chi connectivity index (χ1n) is 6.50. The summed E-state index contributed by atoms with van der Waals surface area (Å²) in [6.45, 7) is 2.56. The molecule has 2 atom stereocenters. The van der Waals surface area contributed by atoms with Crippen molar-refractivity contribution in [2.45, 2.75) is 50.9 Å². The summed E-state index contributed by atoms with van der Waals surface area (Å²) in [6, 6.07) is 0.173. The highest BCUT2D eigenvalue weighted by molar-refractivity contribution is 4.74. The van der Waals surface area contributed by atoms with Gasteiger partial charge in [0.1, 0.15) is 6.61 Å². The average molecular weight is 269 g/mol. The molecular weight excluding hydrogens is 247 g/mol. The van der Waals surface area contributed by atoms with Gasteiger partial charge in [0.15, 0.2) is 0 Å². The van der Waals surface area contributed by atoms with E-state index in [2.05, 4.69) is 10.1 Å². The average Bonchev–Trinajstić information content (AvgIpc) is 2.76. The zero-order chi connectivity index (χ0) is 13.4. The first-order valence-corrected chi connectivity index (χ1v) is 6.50. The smallest absolute Gasteiger partial charge is 0.378 e. The van der Waals surface area contributed by atoms with Crippen molar-refractivity contribution < 1.29 is 22.6 Å². The van der Waals surface area contributed by atoms with Crippen LogP contribution in [0.25, 0.3) is 0 Å². The quantitative estimate of drug-likeness (QED) is 0.687. The maximum Gasteiger partial charge on any atom is 0.411 e.